The summed E-state index contributed by atoms with van der Waals surface area (Å²) in [5, 5.41) is 3.38. The zero-order valence-electron chi connectivity index (χ0n) is 11.3. The van der Waals surface area contributed by atoms with Gasteiger partial charge in [0.05, 0.1) is 6.04 Å². The predicted molar refractivity (Wildman–Crippen MR) is 76.8 cm³/mol. The summed E-state index contributed by atoms with van der Waals surface area (Å²) in [4.78, 5) is 19.0. The molecule has 1 amide bonds. The summed E-state index contributed by atoms with van der Waals surface area (Å²) in [6.07, 6.45) is 1.72. The number of aromatic amines is 1. The summed E-state index contributed by atoms with van der Waals surface area (Å²) in [5.41, 5.74) is 0.955. The molecular weight excluding hydrogens is 278 g/mol. The Labute approximate surface area is 122 Å². The molecule has 1 atom stereocenters. The molecule has 1 unspecified atom stereocenters. The third kappa shape index (κ3) is 3.99. The number of ether oxygens (including phenoxy) is 1. The summed E-state index contributed by atoms with van der Waals surface area (Å²) in [6, 6.07) is 6.73. The second kappa shape index (κ2) is 6.43. The lowest BCUT2D eigenvalue weighted by Gasteiger charge is -2.12. The number of benzene rings is 1. The highest BCUT2D eigenvalue weighted by Gasteiger charge is 2.12. The number of rotatable bonds is 5. The molecule has 2 N–H and O–H groups in total. The van der Waals surface area contributed by atoms with Crippen molar-refractivity contribution in [1.29, 1.82) is 0 Å². The van der Waals surface area contributed by atoms with Crippen LogP contribution in [0.15, 0.2) is 30.5 Å². The number of imidazole rings is 1. The van der Waals surface area contributed by atoms with E-state index in [0.29, 0.717) is 10.8 Å². The van der Waals surface area contributed by atoms with Gasteiger partial charge < -0.3 is 15.0 Å². The molecule has 20 heavy (non-hydrogen) atoms. The number of hydrogen-bond acceptors (Lipinski definition) is 3. The van der Waals surface area contributed by atoms with E-state index in [1.165, 1.54) is 0 Å². The van der Waals surface area contributed by atoms with Crippen LogP contribution in [0.25, 0.3) is 0 Å². The van der Waals surface area contributed by atoms with Gasteiger partial charge in [-0.1, -0.05) is 17.7 Å². The Morgan fingerprint density at radius 2 is 2.35 bits per heavy atom. The summed E-state index contributed by atoms with van der Waals surface area (Å²) in [6.45, 7) is 3.70. The van der Waals surface area contributed by atoms with Crippen molar-refractivity contribution in [2.45, 2.75) is 19.9 Å². The summed E-state index contributed by atoms with van der Waals surface area (Å²) < 4.78 is 5.36. The van der Waals surface area contributed by atoms with E-state index in [1.807, 2.05) is 13.8 Å². The third-order valence-electron chi connectivity index (χ3n) is 2.68. The summed E-state index contributed by atoms with van der Waals surface area (Å²) >= 11 is 5.83. The number of carbonyl (C=O) groups excluding carboxylic acids is 1. The Balaban J connectivity index is 1.83. The highest BCUT2D eigenvalue weighted by molar-refractivity contribution is 6.30. The molecule has 0 bridgehead atoms. The van der Waals surface area contributed by atoms with E-state index < -0.39 is 0 Å². The number of carbonyl (C=O) groups is 1. The molecule has 2 rings (SSSR count). The van der Waals surface area contributed by atoms with Gasteiger partial charge in [-0.25, -0.2) is 4.98 Å². The fourth-order valence-electron chi connectivity index (χ4n) is 1.71. The lowest BCUT2D eigenvalue weighted by atomic mass is 10.3. The van der Waals surface area contributed by atoms with E-state index in [-0.39, 0.29) is 18.6 Å². The number of amides is 1. The van der Waals surface area contributed by atoms with Crippen LogP contribution in [-0.2, 0) is 4.79 Å². The van der Waals surface area contributed by atoms with Gasteiger partial charge in [0, 0.05) is 16.9 Å². The van der Waals surface area contributed by atoms with E-state index in [4.69, 9.17) is 16.3 Å². The van der Waals surface area contributed by atoms with Crippen molar-refractivity contribution >= 4 is 17.5 Å². The van der Waals surface area contributed by atoms with Crippen molar-refractivity contribution in [3.05, 3.63) is 47.0 Å². The van der Waals surface area contributed by atoms with Crippen molar-refractivity contribution in [2.75, 3.05) is 6.61 Å². The molecule has 0 radical (unpaired) electrons. The van der Waals surface area contributed by atoms with E-state index in [9.17, 15) is 4.79 Å². The number of nitrogens with zero attached hydrogens (tertiary/aromatic N) is 1. The summed E-state index contributed by atoms with van der Waals surface area (Å²) in [5.74, 6) is 1.07. The SMILES string of the molecule is Cc1cnc(C(C)NC(=O)COc2cccc(Cl)c2)[nH]1. The Morgan fingerprint density at radius 3 is 3.00 bits per heavy atom. The van der Waals surface area contributed by atoms with Gasteiger partial charge >= 0.3 is 0 Å². The van der Waals surface area contributed by atoms with Gasteiger partial charge in [0.1, 0.15) is 11.6 Å². The fourth-order valence-corrected chi connectivity index (χ4v) is 1.89. The first kappa shape index (κ1) is 14.4. The lowest BCUT2D eigenvalue weighted by molar-refractivity contribution is -0.123. The monoisotopic (exact) mass is 293 g/mol. The van der Waals surface area contributed by atoms with Crippen LogP contribution >= 0.6 is 11.6 Å². The first-order valence-electron chi connectivity index (χ1n) is 6.24. The predicted octanol–water partition coefficient (Wildman–Crippen LogP) is 2.63. The standard InChI is InChI=1S/C14H16ClN3O2/c1-9-7-16-14(17-9)10(2)18-13(19)8-20-12-5-3-4-11(15)6-12/h3-7,10H,8H2,1-2H3,(H,16,17)(H,18,19). The van der Waals surface area contributed by atoms with Gasteiger partial charge in [0.25, 0.3) is 5.91 Å². The molecule has 0 spiro atoms. The maximum absolute atomic E-state index is 11.8. The zero-order chi connectivity index (χ0) is 14.5. The van der Waals surface area contributed by atoms with Crippen molar-refractivity contribution in [3.63, 3.8) is 0 Å². The molecule has 1 aromatic carbocycles. The fraction of sp³-hybridized carbons (Fsp3) is 0.286. The number of halogens is 1. The van der Waals surface area contributed by atoms with E-state index >= 15 is 0 Å². The van der Waals surface area contributed by atoms with Crippen LogP contribution in [0.2, 0.25) is 5.02 Å². The van der Waals surface area contributed by atoms with Crippen molar-refractivity contribution < 1.29 is 9.53 Å². The molecule has 6 heteroatoms. The molecule has 2 aromatic rings. The molecule has 1 heterocycles. The third-order valence-corrected chi connectivity index (χ3v) is 2.91. The Bertz CT molecular complexity index is 598. The normalized spacial score (nSPS) is 11.9. The quantitative estimate of drug-likeness (QED) is 0.890. The molecule has 5 nitrogen and oxygen atoms in total. The van der Waals surface area contributed by atoms with Crippen molar-refractivity contribution in [2.24, 2.45) is 0 Å². The maximum Gasteiger partial charge on any atom is 0.258 e. The maximum atomic E-state index is 11.8. The average Bonchev–Trinajstić information content (AvgIpc) is 2.83. The van der Waals surface area contributed by atoms with Gasteiger partial charge in [-0.2, -0.15) is 0 Å². The molecular formula is C14H16ClN3O2. The van der Waals surface area contributed by atoms with Gasteiger partial charge in [0.15, 0.2) is 6.61 Å². The molecule has 0 saturated carbocycles. The zero-order valence-corrected chi connectivity index (χ0v) is 12.1. The van der Waals surface area contributed by atoms with Gasteiger partial charge in [0.2, 0.25) is 0 Å². The van der Waals surface area contributed by atoms with Crippen LogP contribution in [0.1, 0.15) is 24.5 Å². The van der Waals surface area contributed by atoms with E-state index in [1.54, 1.807) is 30.5 Å². The Hall–Kier alpha value is -2.01. The molecule has 0 saturated heterocycles. The minimum atomic E-state index is -0.216. The molecule has 0 aliphatic rings. The van der Waals surface area contributed by atoms with Gasteiger partial charge in [-0.3, -0.25) is 4.79 Å². The Kier molecular flexibility index (Phi) is 4.63. The second-order valence-electron chi connectivity index (χ2n) is 4.49. The molecule has 0 aliphatic carbocycles. The summed E-state index contributed by atoms with van der Waals surface area (Å²) in [7, 11) is 0. The number of nitrogens with one attached hydrogen (secondary N) is 2. The molecule has 1 aromatic heterocycles. The minimum Gasteiger partial charge on any atom is -0.484 e. The first-order chi connectivity index (χ1) is 9.54. The van der Waals surface area contributed by atoms with E-state index in [0.717, 1.165) is 11.5 Å². The topological polar surface area (TPSA) is 67.0 Å². The second-order valence-corrected chi connectivity index (χ2v) is 4.92. The van der Waals surface area contributed by atoms with Gasteiger partial charge in [-0.15, -0.1) is 0 Å². The minimum absolute atomic E-state index is 0.0651. The highest BCUT2D eigenvalue weighted by atomic mass is 35.5. The van der Waals surface area contributed by atoms with Crippen LogP contribution in [0.5, 0.6) is 5.75 Å². The van der Waals surface area contributed by atoms with Crippen molar-refractivity contribution in [3.8, 4) is 5.75 Å². The van der Waals surface area contributed by atoms with Gasteiger partial charge in [-0.05, 0) is 32.0 Å². The van der Waals surface area contributed by atoms with Crippen LogP contribution in [0, 0.1) is 6.92 Å². The molecule has 0 aliphatic heterocycles. The molecule has 0 fully saturated rings. The number of aryl methyl sites for hydroxylation is 1. The largest absolute Gasteiger partial charge is 0.484 e. The Morgan fingerprint density at radius 1 is 1.55 bits per heavy atom. The van der Waals surface area contributed by atoms with Crippen molar-refractivity contribution in [1.82, 2.24) is 15.3 Å². The van der Waals surface area contributed by atoms with Crippen LogP contribution in [-0.4, -0.2) is 22.5 Å². The number of H-pyrrole nitrogens is 1. The highest BCUT2D eigenvalue weighted by Crippen LogP contribution is 2.17. The number of aromatic nitrogens is 2. The van der Waals surface area contributed by atoms with Crippen LogP contribution in [0.3, 0.4) is 0 Å². The smallest absolute Gasteiger partial charge is 0.258 e. The van der Waals surface area contributed by atoms with E-state index in [2.05, 4.69) is 15.3 Å². The average molecular weight is 294 g/mol. The first-order valence-corrected chi connectivity index (χ1v) is 6.61. The van der Waals surface area contributed by atoms with Crippen LogP contribution < -0.4 is 10.1 Å². The van der Waals surface area contributed by atoms with Crippen LogP contribution in [0.4, 0.5) is 0 Å². The number of hydrogen-bond donors (Lipinski definition) is 2. The lowest BCUT2D eigenvalue weighted by Crippen LogP contribution is -2.31. The molecule has 106 valence electrons.